The molecule has 2 heterocycles. The lowest BCUT2D eigenvalue weighted by molar-refractivity contribution is 0.667. The fraction of sp³-hybridized carbons (Fsp3) is 0.0556. The smallest absolute Gasteiger partial charge is 0.159 e. The first-order chi connectivity index (χ1) is 19.1. The van der Waals surface area contributed by atoms with Crippen LogP contribution in [0.2, 0.25) is 0 Å². The van der Waals surface area contributed by atoms with Crippen LogP contribution in [0.3, 0.4) is 0 Å². The van der Waals surface area contributed by atoms with Gasteiger partial charge in [0, 0.05) is 20.7 Å². The summed E-state index contributed by atoms with van der Waals surface area (Å²) in [5.74, 6) is 0. The molecule has 0 fully saturated rings. The third kappa shape index (κ3) is 2.61. The molecule has 1 aliphatic heterocycles. The van der Waals surface area contributed by atoms with Gasteiger partial charge in [0.2, 0.25) is 0 Å². The Labute approximate surface area is 234 Å². The van der Waals surface area contributed by atoms with E-state index in [1.807, 2.05) is 6.07 Å². The summed E-state index contributed by atoms with van der Waals surface area (Å²) in [6, 6.07) is 41.7. The number of fused-ring (bicyclic) bond motifs is 10. The Kier molecular flexibility index (Phi) is 4.09. The van der Waals surface area contributed by atoms with Gasteiger partial charge in [-0.1, -0.05) is 101 Å². The molecule has 9 rings (SSSR count). The number of hydrogen-bond donors (Lipinski definition) is 0. The number of benzene rings is 6. The van der Waals surface area contributed by atoms with E-state index in [9.17, 15) is 0 Å². The molecule has 1 atom stereocenters. The number of halogens is 1. The molecule has 0 amide bonds. The Morgan fingerprint density at radius 1 is 0.641 bits per heavy atom. The van der Waals surface area contributed by atoms with Crippen molar-refractivity contribution in [2.24, 2.45) is 0 Å². The minimum absolute atomic E-state index is 0.278. The second-order valence-corrected chi connectivity index (χ2v) is 11.7. The van der Waals surface area contributed by atoms with Gasteiger partial charge in [0.05, 0.1) is 17.1 Å². The quantitative estimate of drug-likeness (QED) is 0.197. The highest BCUT2D eigenvalue weighted by atomic mass is 79.9. The highest BCUT2D eigenvalue weighted by molar-refractivity contribution is 9.10. The van der Waals surface area contributed by atoms with E-state index < -0.39 is 0 Å². The van der Waals surface area contributed by atoms with Gasteiger partial charge in [0.25, 0.3) is 0 Å². The Morgan fingerprint density at radius 2 is 1.38 bits per heavy atom. The molecule has 1 aromatic heterocycles. The zero-order valence-corrected chi connectivity index (χ0v) is 22.8. The zero-order chi connectivity index (χ0) is 25.9. The fourth-order valence-electron chi connectivity index (χ4n) is 7.27. The minimum atomic E-state index is -0.278. The van der Waals surface area contributed by atoms with Crippen molar-refractivity contribution in [1.29, 1.82) is 0 Å². The maximum absolute atomic E-state index is 6.56. The van der Waals surface area contributed by atoms with E-state index in [2.05, 4.69) is 137 Å². The molecule has 2 aliphatic rings. The number of nitrogens with zero attached hydrogens (tertiary/aromatic N) is 1. The van der Waals surface area contributed by atoms with Crippen LogP contribution in [0.5, 0.6) is 0 Å². The van der Waals surface area contributed by atoms with Crippen molar-refractivity contribution in [2.75, 3.05) is 4.90 Å². The molecule has 6 aromatic carbocycles. The highest BCUT2D eigenvalue weighted by Gasteiger charge is 2.49. The maximum Gasteiger partial charge on any atom is 0.159 e. The molecule has 0 radical (unpaired) electrons. The van der Waals surface area contributed by atoms with Gasteiger partial charge in [-0.2, -0.15) is 0 Å². The lowest BCUT2D eigenvalue weighted by Crippen LogP contribution is -2.32. The molecule has 0 saturated heterocycles. The topological polar surface area (TPSA) is 16.4 Å². The van der Waals surface area contributed by atoms with Crippen LogP contribution in [0.15, 0.2) is 124 Å². The highest BCUT2D eigenvalue weighted by Crippen LogP contribution is 2.64. The second kappa shape index (κ2) is 7.40. The van der Waals surface area contributed by atoms with E-state index in [4.69, 9.17) is 4.42 Å². The van der Waals surface area contributed by atoms with Crippen molar-refractivity contribution >= 4 is 65.7 Å². The Morgan fingerprint density at radius 3 is 2.31 bits per heavy atom. The van der Waals surface area contributed by atoms with Crippen molar-refractivity contribution in [1.82, 2.24) is 0 Å². The van der Waals surface area contributed by atoms with E-state index >= 15 is 0 Å². The summed E-state index contributed by atoms with van der Waals surface area (Å²) in [4.78, 5) is 2.42. The predicted molar refractivity (Wildman–Crippen MR) is 165 cm³/mol. The van der Waals surface area contributed by atoms with Crippen molar-refractivity contribution in [3.63, 3.8) is 0 Å². The van der Waals surface area contributed by atoms with E-state index in [1.165, 1.54) is 50.0 Å². The van der Waals surface area contributed by atoms with E-state index in [0.717, 1.165) is 32.1 Å². The van der Waals surface area contributed by atoms with E-state index in [1.54, 1.807) is 0 Å². The zero-order valence-electron chi connectivity index (χ0n) is 21.2. The average Bonchev–Trinajstić information content (AvgIpc) is 3.48. The lowest BCUT2D eigenvalue weighted by atomic mass is 9.70. The summed E-state index contributed by atoms with van der Waals surface area (Å²) < 4.78 is 7.63. The normalized spacial score (nSPS) is 17.0. The van der Waals surface area contributed by atoms with E-state index in [0.29, 0.717) is 0 Å². The number of anilines is 3. The molecule has 1 aliphatic carbocycles. The third-order valence-electron chi connectivity index (χ3n) is 8.87. The largest absolute Gasteiger partial charge is 0.454 e. The molecule has 0 saturated carbocycles. The first-order valence-corrected chi connectivity index (χ1v) is 14.1. The van der Waals surface area contributed by atoms with Crippen LogP contribution < -0.4 is 4.90 Å². The molecule has 0 spiro atoms. The Balaban J connectivity index is 1.44. The van der Waals surface area contributed by atoms with Crippen LogP contribution in [-0.2, 0) is 5.41 Å². The van der Waals surface area contributed by atoms with Crippen molar-refractivity contribution in [3.8, 4) is 11.1 Å². The number of rotatable bonds is 1. The van der Waals surface area contributed by atoms with Crippen molar-refractivity contribution < 1.29 is 4.42 Å². The fourth-order valence-corrected chi connectivity index (χ4v) is 7.72. The van der Waals surface area contributed by atoms with Crippen LogP contribution in [0, 0.1) is 0 Å². The van der Waals surface area contributed by atoms with Gasteiger partial charge in [0.15, 0.2) is 5.58 Å². The van der Waals surface area contributed by atoms with Crippen LogP contribution in [0.25, 0.3) is 43.8 Å². The van der Waals surface area contributed by atoms with Gasteiger partial charge < -0.3 is 9.32 Å². The number of furan rings is 1. The lowest BCUT2D eigenvalue weighted by Gasteiger charge is -2.42. The van der Waals surface area contributed by atoms with Crippen LogP contribution in [0.4, 0.5) is 17.1 Å². The molecular formula is C36H22BrNO. The second-order valence-electron chi connectivity index (χ2n) is 10.8. The van der Waals surface area contributed by atoms with Gasteiger partial charge in [-0.15, -0.1) is 0 Å². The van der Waals surface area contributed by atoms with Gasteiger partial charge in [-0.25, -0.2) is 0 Å². The van der Waals surface area contributed by atoms with E-state index in [-0.39, 0.29) is 5.41 Å². The molecule has 0 N–H and O–H groups in total. The summed E-state index contributed by atoms with van der Waals surface area (Å²) in [5.41, 5.74) is 11.6. The molecule has 184 valence electrons. The standard InChI is InChI=1S/C36H22BrNO/c1-36-27-13-5-6-14-29(27)38(30-15-8-12-25-24-11-4-7-16-32(24)39-35(25)30)31-20-22(37)19-26(34(31)36)33-23-10-3-2-9-21(23)17-18-28(33)36/h2-20H,1H3. The van der Waals surface area contributed by atoms with Crippen molar-refractivity contribution in [2.45, 2.75) is 12.3 Å². The summed E-state index contributed by atoms with van der Waals surface area (Å²) in [5, 5.41) is 4.84. The Bertz CT molecular complexity index is 2170. The van der Waals surface area contributed by atoms with Crippen LogP contribution in [0.1, 0.15) is 23.6 Å². The average molecular weight is 564 g/mol. The molecule has 3 heteroatoms. The summed E-state index contributed by atoms with van der Waals surface area (Å²) in [6.07, 6.45) is 0. The monoisotopic (exact) mass is 563 g/mol. The predicted octanol–water partition coefficient (Wildman–Crippen LogP) is 10.6. The van der Waals surface area contributed by atoms with Gasteiger partial charge in [-0.3, -0.25) is 0 Å². The molecule has 2 nitrogen and oxygen atoms in total. The van der Waals surface area contributed by atoms with Crippen molar-refractivity contribution in [3.05, 3.63) is 136 Å². The molecular weight excluding hydrogens is 542 g/mol. The summed E-state index contributed by atoms with van der Waals surface area (Å²) >= 11 is 3.90. The molecule has 1 unspecified atom stereocenters. The SMILES string of the molecule is CC12c3ccccc3N(c3cccc4c3oc3ccccc34)c3cc(Br)cc(c31)-c1c2ccc2ccccc12. The molecule has 39 heavy (non-hydrogen) atoms. The minimum Gasteiger partial charge on any atom is -0.454 e. The summed E-state index contributed by atoms with van der Waals surface area (Å²) in [7, 11) is 0. The number of hydrogen-bond acceptors (Lipinski definition) is 2. The van der Waals surface area contributed by atoms with Gasteiger partial charge in [0.1, 0.15) is 5.58 Å². The molecule has 7 aromatic rings. The number of para-hydroxylation sites is 3. The maximum atomic E-state index is 6.56. The third-order valence-corrected chi connectivity index (χ3v) is 9.33. The van der Waals surface area contributed by atoms with Crippen LogP contribution in [-0.4, -0.2) is 0 Å². The first-order valence-electron chi connectivity index (χ1n) is 13.3. The summed E-state index contributed by atoms with van der Waals surface area (Å²) in [6.45, 7) is 2.40. The Hall–Kier alpha value is -4.34. The van der Waals surface area contributed by atoms with Crippen LogP contribution >= 0.6 is 15.9 Å². The van der Waals surface area contributed by atoms with Gasteiger partial charge in [-0.05, 0) is 75.8 Å². The molecule has 0 bridgehead atoms. The van der Waals surface area contributed by atoms with Gasteiger partial charge >= 0.3 is 0 Å². The first kappa shape index (κ1) is 21.6.